The van der Waals surface area contributed by atoms with Gasteiger partial charge in [-0.05, 0) is 32.4 Å². The van der Waals surface area contributed by atoms with Crippen molar-refractivity contribution in [1.82, 2.24) is 15.1 Å². The van der Waals surface area contributed by atoms with E-state index in [4.69, 9.17) is 19.1 Å². The third kappa shape index (κ3) is 4.85. The molecule has 3 heterocycles. The van der Waals surface area contributed by atoms with Crippen LogP contribution in [-0.4, -0.2) is 58.7 Å². The number of hydrogen-bond acceptors (Lipinski definition) is 6. The predicted octanol–water partition coefficient (Wildman–Crippen LogP) is 2.77. The number of hydrogen-bond donors (Lipinski definition) is 1. The Kier molecular flexibility index (Phi) is 4.77. The lowest BCUT2D eigenvalue weighted by Crippen LogP contribution is -2.52. The van der Waals surface area contributed by atoms with E-state index in [-0.39, 0.29) is 48.4 Å². The van der Waals surface area contributed by atoms with Gasteiger partial charge < -0.3 is 14.4 Å². The lowest BCUT2D eigenvalue weighted by Gasteiger charge is -2.35. The summed E-state index contributed by atoms with van der Waals surface area (Å²) in [5, 5.41) is 2.10. The third-order valence-corrected chi connectivity index (χ3v) is 6.12. The van der Waals surface area contributed by atoms with Crippen LogP contribution in [-0.2, 0) is 34.0 Å². The van der Waals surface area contributed by atoms with Crippen molar-refractivity contribution in [2.75, 3.05) is 13.0 Å². The molecule has 3 aliphatic heterocycles. The van der Waals surface area contributed by atoms with Gasteiger partial charge in [0.05, 0.1) is 22.8 Å². The van der Waals surface area contributed by atoms with Crippen molar-refractivity contribution in [3.05, 3.63) is 64.5 Å². The summed E-state index contributed by atoms with van der Waals surface area (Å²) in [4.78, 5) is 39.0. The molecule has 3 amide bonds. The molecule has 5 rings (SSSR count). The number of imide groups is 1. The monoisotopic (exact) mass is 502 g/mol. The van der Waals surface area contributed by atoms with E-state index >= 15 is 4.39 Å². The second kappa shape index (κ2) is 9.99. The Morgan fingerprint density at radius 2 is 1.86 bits per heavy atom. The first-order chi connectivity index (χ1) is 19.8. The summed E-state index contributed by atoms with van der Waals surface area (Å²) < 4.78 is 85.7. The number of benzene rings is 2. The fourth-order valence-electron chi connectivity index (χ4n) is 4.48. The summed E-state index contributed by atoms with van der Waals surface area (Å²) in [5.74, 6) is -2.59. The fraction of sp³-hybridized carbons (Fsp3) is 0.444. The Morgan fingerprint density at radius 3 is 2.61 bits per heavy atom. The summed E-state index contributed by atoms with van der Waals surface area (Å²) in [6.45, 7) is -4.41. The lowest BCUT2D eigenvalue weighted by atomic mass is 10.0. The number of nitrogens with zero attached hydrogens (tertiary/aromatic N) is 2. The average molecular weight is 503 g/mol. The first-order valence-electron chi connectivity index (χ1n) is 15.0. The number of morpholine rings is 1. The molecule has 0 aromatic heterocycles. The van der Waals surface area contributed by atoms with Crippen LogP contribution in [0.3, 0.4) is 0 Å². The second-order valence-electron chi connectivity index (χ2n) is 8.70. The second-order valence-corrected chi connectivity index (χ2v) is 8.70. The van der Waals surface area contributed by atoms with Gasteiger partial charge in [0.2, 0.25) is 11.8 Å². The molecular formula is C27H30FN3O5. The van der Waals surface area contributed by atoms with Crippen molar-refractivity contribution in [2.24, 2.45) is 0 Å². The van der Waals surface area contributed by atoms with Crippen molar-refractivity contribution in [3.63, 3.8) is 0 Å². The van der Waals surface area contributed by atoms with Gasteiger partial charge in [-0.1, -0.05) is 24.3 Å². The van der Waals surface area contributed by atoms with Gasteiger partial charge in [0.15, 0.2) is 0 Å². The smallest absolute Gasteiger partial charge is 0.255 e. The van der Waals surface area contributed by atoms with Crippen molar-refractivity contribution < 1.29 is 37.8 Å². The van der Waals surface area contributed by atoms with Crippen LogP contribution in [0.2, 0.25) is 0 Å². The molecular weight excluding hydrogens is 465 g/mol. The van der Waals surface area contributed by atoms with Gasteiger partial charge in [-0.25, -0.2) is 4.39 Å². The first kappa shape index (κ1) is 17.2. The molecule has 0 radical (unpaired) electrons. The summed E-state index contributed by atoms with van der Waals surface area (Å²) in [5.41, 5.74) is 0.530. The van der Waals surface area contributed by atoms with Crippen LogP contribution in [0, 0.1) is 5.82 Å². The standard InChI is InChI=1S/C27H30FN3O5/c1-16-11-30(12-17(2)36-16)13-18-5-3-6-19(25(18)28)15-35-23-8-4-7-20-21(23)14-31(27(20)34)22-9-10-24(32)29-26(22)33/h3-8,16-17,22H,9-15H2,1-2H3,(H,29,32,33)/i11D2,12D2,16D,17D,22D. The number of rotatable bonds is 6. The molecule has 3 atom stereocenters. The van der Waals surface area contributed by atoms with Gasteiger partial charge >= 0.3 is 0 Å². The van der Waals surface area contributed by atoms with E-state index in [1.165, 1.54) is 24.3 Å². The molecule has 8 nitrogen and oxygen atoms in total. The van der Waals surface area contributed by atoms with E-state index in [1.54, 1.807) is 12.1 Å². The molecule has 2 saturated heterocycles. The van der Waals surface area contributed by atoms with E-state index in [2.05, 4.69) is 5.32 Å². The van der Waals surface area contributed by atoms with Gasteiger partial charge in [-0.3, -0.25) is 24.6 Å². The first-order valence-corrected chi connectivity index (χ1v) is 11.5. The molecule has 0 bridgehead atoms. The van der Waals surface area contributed by atoms with Gasteiger partial charge in [0, 0.05) is 53.7 Å². The summed E-state index contributed by atoms with van der Waals surface area (Å²) in [7, 11) is 0. The largest absolute Gasteiger partial charge is 0.488 e. The summed E-state index contributed by atoms with van der Waals surface area (Å²) in [6, 6.07) is 6.88. The van der Waals surface area contributed by atoms with Crippen molar-refractivity contribution in [3.8, 4) is 5.75 Å². The molecule has 0 saturated carbocycles. The number of carbonyl (C=O) groups is 3. The Hall–Kier alpha value is -3.30. The molecule has 9 heteroatoms. The minimum Gasteiger partial charge on any atom is -0.488 e. The maximum absolute atomic E-state index is 15.7. The number of halogens is 1. The van der Waals surface area contributed by atoms with E-state index in [9.17, 15) is 14.4 Å². The quantitative estimate of drug-likeness (QED) is 0.612. The zero-order valence-corrected chi connectivity index (χ0v) is 19.8. The van der Waals surface area contributed by atoms with Crippen LogP contribution in [0.15, 0.2) is 36.4 Å². The Balaban J connectivity index is 1.38. The summed E-state index contributed by atoms with van der Waals surface area (Å²) >= 11 is 0. The van der Waals surface area contributed by atoms with Crippen LogP contribution < -0.4 is 10.1 Å². The molecule has 1 N–H and O–H groups in total. The van der Waals surface area contributed by atoms with Crippen LogP contribution in [0.5, 0.6) is 5.75 Å². The van der Waals surface area contributed by atoms with Crippen molar-refractivity contribution in [1.29, 1.82) is 0 Å². The molecule has 3 aliphatic rings. The predicted molar refractivity (Wildman–Crippen MR) is 129 cm³/mol. The Morgan fingerprint density at radius 1 is 1.14 bits per heavy atom. The summed E-state index contributed by atoms with van der Waals surface area (Å²) in [6.07, 6.45) is -4.93. The minimum atomic E-state index is -2.74. The number of carbonyl (C=O) groups excluding carboxylic acids is 3. The highest BCUT2D eigenvalue weighted by atomic mass is 19.1. The topological polar surface area (TPSA) is 88.2 Å². The lowest BCUT2D eigenvalue weighted by molar-refractivity contribution is -0.136. The average Bonchev–Trinajstić information content (AvgIpc) is 3.25. The number of nitrogens with one attached hydrogen (secondary N) is 1. The van der Waals surface area contributed by atoms with Crippen LogP contribution in [0.1, 0.15) is 63.3 Å². The van der Waals surface area contributed by atoms with E-state index < -0.39 is 61.3 Å². The highest BCUT2D eigenvalue weighted by Gasteiger charge is 2.40. The third-order valence-electron chi connectivity index (χ3n) is 6.12. The van der Waals surface area contributed by atoms with Gasteiger partial charge in [-0.2, -0.15) is 0 Å². The van der Waals surface area contributed by atoms with Crippen molar-refractivity contribution >= 4 is 17.7 Å². The van der Waals surface area contributed by atoms with E-state index in [0.29, 0.717) is 10.5 Å². The number of piperidine rings is 1. The normalized spacial score (nSPS) is 36.4. The maximum Gasteiger partial charge on any atom is 0.255 e. The molecule has 36 heavy (non-hydrogen) atoms. The van der Waals surface area contributed by atoms with Crippen LogP contribution >= 0.6 is 0 Å². The Bertz CT molecular complexity index is 1500. The highest BCUT2D eigenvalue weighted by molar-refractivity contribution is 6.05. The molecule has 190 valence electrons. The fourth-order valence-corrected chi connectivity index (χ4v) is 4.48. The molecule has 3 unspecified atom stereocenters. The van der Waals surface area contributed by atoms with Gasteiger partial charge in [-0.15, -0.1) is 0 Å². The van der Waals surface area contributed by atoms with Crippen LogP contribution in [0.25, 0.3) is 0 Å². The number of fused-ring (bicyclic) bond motifs is 1. The molecule has 2 aromatic carbocycles. The SMILES string of the molecule is [2H]C1(N2Cc3c(OCc4cccc(CN5C([2H])([2H])C([2H])(C)OC([2H])(C)C5([2H])[2H])c4F)cccc3C2=O)CCC(=O)NC1=O. The zero-order chi connectivity index (χ0) is 31.8. The van der Waals surface area contributed by atoms with Gasteiger partial charge in [0.1, 0.15) is 24.2 Å². The molecule has 2 aromatic rings. The Labute approximate surface area is 219 Å². The van der Waals surface area contributed by atoms with Crippen molar-refractivity contribution in [2.45, 2.75) is 64.6 Å². The molecule has 2 fully saturated rings. The van der Waals surface area contributed by atoms with E-state index in [0.717, 1.165) is 18.7 Å². The van der Waals surface area contributed by atoms with Crippen LogP contribution in [0.4, 0.5) is 4.39 Å². The number of ether oxygens (including phenoxy) is 2. The minimum absolute atomic E-state index is 0.0371. The van der Waals surface area contributed by atoms with E-state index in [1.807, 2.05) is 0 Å². The highest BCUT2D eigenvalue weighted by Crippen LogP contribution is 2.34. The maximum atomic E-state index is 15.7. The van der Waals surface area contributed by atoms with Gasteiger partial charge in [0.25, 0.3) is 5.91 Å². The molecule has 0 aliphatic carbocycles. The molecule has 0 spiro atoms. The number of amides is 3. The zero-order valence-electron chi connectivity index (χ0n) is 26.8.